The first kappa shape index (κ1) is 16.8. The van der Waals surface area contributed by atoms with Gasteiger partial charge in [-0.2, -0.15) is 5.26 Å². The van der Waals surface area contributed by atoms with Gasteiger partial charge in [-0.05, 0) is 30.7 Å². The quantitative estimate of drug-likeness (QED) is 0.860. The Bertz CT molecular complexity index is 783. The lowest BCUT2D eigenvalue weighted by Crippen LogP contribution is -2.35. The number of carbonyl (C=O) groups excluding carboxylic acids is 1. The maximum Gasteiger partial charge on any atom is 0.257 e. The number of amides is 1. The van der Waals surface area contributed by atoms with E-state index >= 15 is 0 Å². The monoisotopic (exact) mass is 336 g/mol. The van der Waals surface area contributed by atoms with Crippen LogP contribution in [0.3, 0.4) is 0 Å². The zero-order valence-corrected chi connectivity index (χ0v) is 14.2. The number of carbonyl (C=O) groups is 1. The molecule has 1 aromatic carbocycles. The summed E-state index contributed by atoms with van der Waals surface area (Å²) in [6, 6.07) is 13.0. The number of pyridine rings is 1. The fourth-order valence-electron chi connectivity index (χ4n) is 2.98. The summed E-state index contributed by atoms with van der Waals surface area (Å²) < 4.78 is 5.31. The molecule has 1 aliphatic rings. The molecule has 0 atom stereocenters. The van der Waals surface area contributed by atoms with E-state index in [4.69, 9.17) is 10.00 Å². The summed E-state index contributed by atoms with van der Waals surface area (Å²) in [6.07, 6.45) is 2.44. The standard InChI is InChI=1S/C19H20N4O2/c1-25-17-6-3-2-5-16(17)19(24)23-10-4-9-22(11-12-23)18-8-7-15(13-20)14-21-18/h2-3,5-8,14H,4,9-12H2,1H3. The topological polar surface area (TPSA) is 69.5 Å². The number of methoxy groups -OCH3 is 1. The highest BCUT2D eigenvalue weighted by Gasteiger charge is 2.23. The number of hydrogen-bond acceptors (Lipinski definition) is 5. The van der Waals surface area contributed by atoms with Gasteiger partial charge in [0, 0.05) is 32.4 Å². The zero-order chi connectivity index (χ0) is 17.6. The van der Waals surface area contributed by atoms with E-state index in [-0.39, 0.29) is 5.91 Å². The summed E-state index contributed by atoms with van der Waals surface area (Å²) in [7, 11) is 1.58. The van der Waals surface area contributed by atoms with Gasteiger partial charge in [-0.15, -0.1) is 0 Å². The molecule has 0 unspecified atom stereocenters. The van der Waals surface area contributed by atoms with Crippen molar-refractivity contribution in [2.75, 3.05) is 38.2 Å². The molecule has 128 valence electrons. The summed E-state index contributed by atoms with van der Waals surface area (Å²) in [5.74, 6) is 1.43. The maximum atomic E-state index is 12.8. The van der Waals surface area contributed by atoms with E-state index in [1.807, 2.05) is 23.1 Å². The number of para-hydroxylation sites is 1. The molecule has 0 N–H and O–H groups in total. The molecule has 2 aromatic rings. The van der Waals surface area contributed by atoms with E-state index in [1.165, 1.54) is 0 Å². The number of nitriles is 1. The molecule has 0 aliphatic carbocycles. The molecule has 25 heavy (non-hydrogen) atoms. The molecule has 0 saturated carbocycles. The van der Waals surface area contributed by atoms with Crippen LogP contribution in [0.2, 0.25) is 0 Å². The summed E-state index contributed by atoms with van der Waals surface area (Å²) in [4.78, 5) is 21.2. The van der Waals surface area contributed by atoms with Crippen molar-refractivity contribution >= 4 is 11.7 Å². The van der Waals surface area contributed by atoms with Gasteiger partial charge in [0.2, 0.25) is 0 Å². The Morgan fingerprint density at radius 2 is 2.00 bits per heavy atom. The van der Waals surface area contributed by atoms with Gasteiger partial charge in [-0.1, -0.05) is 12.1 Å². The maximum absolute atomic E-state index is 12.8. The highest BCUT2D eigenvalue weighted by atomic mass is 16.5. The number of nitrogens with zero attached hydrogens (tertiary/aromatic N) is 4. The lowest BCUT2D eigenvalue weighted by molar-refractivity contribution is 0.0763. The predicted octanol–water partition coefficient (Wildman–Crippen LogP) is 2.31. The molecular formula is C19H20N4O2. The van der Waals surface area contributed by atoms with Crippen LogP contribution in [0.1, 0.15) is 22.3 Å². The van der Waals surface area contributed by atoms with Gasteiger partial charge < -0.3 is 14.5 Å². The van der Waals surface area contributed by atoms with Crippen LogP contribution in [0.25, 0.3) is 0 Å². The molecule has 0 spiro atoms. The minimum Gasteiger partial charge on any atom is -0.496 e. The van der Waals surface area contributed by atoms with Gasteiger partial charge in [-0.3, -0.25) is 4.79 Å². The van der Waals surface area contributed by atoms with Gasteiger partial charge >= 0.3 is 0 Å². The van der Waals surface area contributed by atoms with E-state index in [0.717, 1.165) is 18.8 Å². The van der Waals surface area contributed by atoms with Crippen molar-refractivity contribution in [1.82, 2.24) is 9.88 Å². The summed E-state index contributed by atoms with van der Waals surface area (Å²) in [6.45, 7) is 2.86. The van der Waals surface area contributed by atoms with Gasteiger partial charge in [-0.25, -0.2) is 4.98 Å². The summed E-state index contributed by atoms with van der Waals surface area (Å²) in [5, 5.41) is 8.87. The Morgan fingerprint density at radius 3 is 2.72 bits per heavy atom. The van der Waals surface area contributed by atoms with Gasteiger partial charge in [0.25, 0.3) is 5.91 Å². The Kier molecular flexibility index (Phi) is 5.14. The smallest absolute Gasteiger partial charge is 0.257 e. The van der Waals surface area contributed by atoms with Crippen LogP contribution in [-0.2, 0) is 0 Å². The van der Waals surface area contributed by atoms with Crippen molar-refractivity contribution < 1.29 is 9.53 Å². The van der Waals surface area contributed by atoms with Crippen LogP contribution in [0, 0.1) is 11.3 Å². The molecular weight excluding hydrogens is 316 g/mol. The summed E-state index contributed by atoms with van der Waals surface area (Å²) in [5.41, 5.74) is 1.14. The molecule has 3 rings (SSSR count). The molecule has 6 nitrogen and oxygen atoms in total. The predicted molar refractivity (Wildman–Crippen MR) is 94.7 cm³/mol. The number of benzene rings is 1. The Hall–Kier alpha value is -3.07. The lowest BCUT2D eigenvalue weighted by Gasteiger charge is -2.23. The number of ether oxygens (including phenoxy) is 1. The van der Waals surface area contributed by atoms with Crippen LogP contribution in [0.15, 0.2) is 42.6 Å². The van der Waals surface area contributed by atoms with Crippen LogP contribution >= 0.6 is 0 Å². The van der Waals surface area contributed by atoms with Crippen LogP contribution < -0.4 is 9.64 Å². The van der Waals surface area contributed by atoms with E-state index in [0.29, 0.717) is 36.5 Å². The van der Waals surface area contributed by atoms with Gasteiger partial charge in [0.15, 0.2) is 0 Å². The fourth-order valence-corrected chi connectivity index (χ4v) is 2.98. The van der Waals surface area contributed by atoms with E-state index in [9.17, 15) is 4.79 Å². The molecule has 6 heteroatoms. The normalized spacial score (nSPS) is 14.6. The molecule has 1 aliphatic heterocycles. The third kappa shape index (κ3) is 3.72. The molecule has 1 amide bonds. The van der Waals surface area contributed by atoms with Crippen molar-refractivity contribution in [2.24, 2.45) is 0 Å². The highest BCUT2D eigenvalue weighted by molar-refractivity contribution is 5.97. The Morgan fingerprint density at radius 1 is 1.16 bits per heavy atom. The minimum absolute atomic E-state index is 0.00733. The molecule has 1 fully saturated rings. The highest BCUT2D eigenvalue weighted by Crippen LogP contribution is 2.21. The summed E-state index contributed by atoms with van der Waals surface area (Å²) >= 11 is 0. The first-order valence-corrected chi connectivity index (χ1v) is 8.26. The van der Waals surface area contributed by atoms with Crippen molar-refractivity contribution in [2.45, 2.75) is 6.42 Å². The molecule has 0 radical (unpaired) electrons. The van der Waals surface area contributed by atoms with E-state index in [2.05, 4.69) is 16.0 Å². The Labute approximate surface area is 147 Å². The van der Waals surface area contributed by atoms with Crippen LogP contribution in [-0.4, -0.2) is 49.1 Å². The number of rotatable bonds is 3. The van der Waals surface area contributed by atoms with Crippen LogP contribution in [0.4, 0.5) is 5.82 Å². The minimum atomic E-state index is -0.00733. The van der Waals surface area contributed by atoms with Gasteiger partial charge in [0.1, 0.15) is 17.6 Å². The molecule has 1 aromatic heterocycles. The first-order chi connectivity index (χ1) is 12.2. The van der Waals surface area contributed by atoms with Crippen molar-refractivity contribution in [3.63, 3.8) is 0 Å². The van der Waals surface area contributed by atoms with Crippen molar-refractivity contribution in [3.8, 4) is 11.8 Å². The first-order valence-electron chi connectivity index (χ1n) is 8.26. The van der Waals surface area contributed by atoms with Crippen molar-refractivity contribution in [3.05, 3.63) is 53.7 Å². The van der Waals surface area contributed by atoms with E-state index in [1.54, 1.807) is 31.5 Å². The van der Waals surface area contributed by atoms with Crippen molar-refractivity contribution in [1.29, 1.82) is 5.26 Å². The number of aromatic nitrogens is 1. The Balaban J connectivity index is 1.70. The van der Waals surface area contributed by atoms with Crippen LogP contribution in [0.5, 0.6) is 5.75 Å². The SMILES string of the molecule is COc1ccccc1C(=O)N1CCCN(c2ccc(C#N)cn2)CC1. The largest absolute Gasteiger partial charge is 0.496 e. The second-order valence-electron chi connectivity index (χ2n) is 5.85. The zero-order valence-electron chi connectivity index (χ0n) is 14.2. The van der Waals surface area contributed by atoms with E-state index < -0.39 is 0 Å². The molecule has 1 saturated heterocycles. The molecule has 0 bridgehead atoms. The third-order valence-corrected chi connectivity index (χ3v) is 4.32. The second kappa shape index (κ2) is 7.67. The average molecular weight is 336 g/mol. The number of hydrogen-bond donors (Lipinski definition) is 0. The third-order valence-electron chi connectivity index (χ3n) is 4.32. The fraction of sp³-hybridized carbons (Fsp3) is 0.316. The molecule has 2 heterocycles. The lowest BCUT2D eigenvalue weighted by atomic mass is 10.1. The number of anilines is 1. The van der Waals surface area contributed by atoms with Gasteiger partial charge in [0.05, 0.1) is 18.2 Å². The second-order valence-corrected chi connectivity index (χ2v) is 5.85. The average Bonchev–Trinajstić information content (AvgIpc) is 2.93.